The van der Waals surface area contributed by atoms with Crippen LogP contribution in [0.25, 0.3) is 0 Å². The highest BCUT2D eigenvalue weighted by atomic mass is 32.2. The van der Waals surface area contributed by atoms with E-state index in [0.717, 1.165) is 12.8 Å². The molecule has 1 heterocycles. The minimum atomic E-state index is -3.48. The first-order valence-electron chi connectivity index (χ1n) is 7.66. The second-order valence-electron chi connectivity index (χ2n) is 6.24. The van der Waals surface area contributed by atoms with E-state index in [9.17, 15) is 13.2 Å². The number of Topliss-reactive ketones (excluding diaryl/α,β-unsaturated/α-hetero) is 1. The molecule has 1 aliphatic carbocycles. The van der Waals surface area contributed by atoms with Gasteiger partial charge in [-0.3, -0.25) is 9.10 Å². The first kappa shape index (κ1) is 15.3. The molecule has 1 aromatic rings. The average Bonchev–Trinajstić information content (AvgIpc) is 2.85. The third-order valence-corrected chi connectivity index (χ3v) is 7.01. The third-order valence-electron chi connectivity index (χ3n) is 4.75. The van der Waals surface area contributed by atoms with Crippen LogP contribution in [-0.4, -0.2) is 33.1 Å². The quantitative estimate of drug-likeness (QED) is 0.858. The molecule has 0 spiro atoms. The molecule has 22 heavy (non-hydrogen) atoms. The molecule has 0 saturated heterocycles. The summed E-state index contributed by atoms with van der Waals surface area (Å²) in [6.45, 7) is 2.07. The van der Waals surface area contributed by atoms with Crippen molar-refractivity contribution in [3.05, 3.63) is 23.8 Å². The van der Waals surface area contributed by atoms with Crippen LogP contribution in [0.5, 0.6) is 5.75 Å². The fraction of sp³-hybridized carbons (Fsp3) is 0.562. The molecule has 0 N–H and O–H groups in total. The highest BCUT2D eigenvalue weighted by Crippen LogP contribution is 2.37. The molecule has 6 heteroatoms. The Kier molecular flexibility index (Phi) is 3.89. The minimum absolute atomic E-state index is 0.0864. The Bertz CT molecular complexity index is 690. The van der Waals surface area contributed by atoms with Gasteiger partial charge in [-0.2, -0.15) is 0 Å². The Labute approximate surface area is 131 Å². The summed E-state index contributed by atoms with van der Waals surface area (Å²) in [4.78, 5) is 12.2. The van der Waals surface area contributed by atoms with Gasteiger partial charge in [0.25, 0.3) is 0 Å². The number of nitrogens with zero attached hydrogens (tertiary/aromatic N) is 1. The van der Waals surface area contributed by atoms with Gasteiger partial charge in [-0.15, -0.1) is 0 Å². The lowest BCUT2D eigenvalue weighted by atomic mass is 9.91. The van der Waals surface area contributed by atoms with Gasteiger partial charge in [0.15, 0.2) is 5.78 Å². The topological polar surface area (TPSA) is 63.7 Å². The van der Waals surface area contributed by atoms with E-state index in [1.54, 1.807) is 18.2 Å². The van der Waals surface area contributed by atoms with Crippen molar-refractivity contribution in [1.82, 2.24) is 0 Å². The summed E-state index contributed by atoms with van der Waals surface area (Å²) in [5.41, 5.74) is 0.927. The van der Waals surface area contributed by atoms with Crippen molar-refractivity contribution in [2.45, 2.75) is 37.9 Å². The molecule has 0 aromatic heterocycles. The number of ether oxygens (including phenoxy) is 1. The second-order valence-corrected chi connectivity index (χ2v) is 8.38. The summed E-state index contributed by atoms with van der Waals surface area (Å²) in [5, 5.41) is -0.371. The number of carbonyl (C=O) groups is 1. The lowest BCUT2D eigenvalue weighted by molar-refractivity contribution is 0.101. The van der Waals surface area contributed by atoms with Crippen molar-refractivity contribution in [3.8, 4) is 5.75 Å². The second kappa shape index (κ2) is 5.57. The van der Waals surface area contributed by atoms with Gasteiger partial charge in [-0.1, -0.05) is 6.92 Å². The normalized spacial score (nSPS) is 25.2. The average molecular weight is 323 g/mol. The molecular weight excluding hydrogens is 302 g/mol. The van der Waals surface area contributed by atoms with Gasteiger partial charge in [-0.05, 0) is 49.8 Å². The molecule has 0 unspecified atom stereocenters. The lowest BCUT2D eigenvalue weighted by Crippen LogP contribution is -2.40. The van der Waals surface area contributed by atoms with Crippen LogP contribution in [0, 0.1) is 5.92 Å². The maximum atomic E-state index is 12.9. The van der Waals surface area contributed by atoms with Gasteiger partial charge in [0, 0.05) is 5.56 Å². The number of fused-ring (bicyclic) bond motifs is 1. The van der Waals surface area contributed by atoms with Crippen molar-refractivity contribution in [2.75, 3.05) is 18.0 Å². The zero-order valence-electron chi connectivity index (χ0n) is 12.9. The molecule has 0 radical (unpaired) electrons. The Morgan fingerprint density at radius 1 is 1.18 bits per heavy atom. The number of methoxy groups -OCH3 is 1. The first-order valence-corrected chi connectivity index (χ1v) is 9.16. The van der Waals surface area contributed by atoms with E-state index in [1.165, 1.54) is 11.4 Å². The molecule has 0 amide bonds. The number of sulfonamides is 1. The number of carbonyl (C=O) groups excluding carboxylic acids is 1. The molecular formula is C16H21NO4S. The predicted octanol–water partition coefficient (Wildman–Crippen LogP) is 2.61. The van der Waals surface area contributed by atoms with Crippen LogP contribution in [0.3, 0.4) is 0 Å². The van der Waals surface area contributed by atoms with E-state index in [4.69, 9.17) is 4.74 Å². The van der Waals surface area contributed by atoms with Crippen molar-refractivity contribution < 1.29 is 17.9 Å². The van der Waals surface area contributed by atoms with E-state index in [2.05, 4.69) is 6.92 Å². The Hall–Kier alpha value is -1.56. The van der Waals surface area contributed by atoms with E-state index in [1.807, 2.05) is 0 Å². The van der Waals surface area contributed by atoms with Crippen LogP contribution in [0.15, 0.2) is 18.2 Å². The molecule has 1 aromatic carbocycles. The molecule has 2 aliphatic rings. The van der Waals surface area contributed by atoms with Crippen LogP contribution < -0.4 is 9.04 Å². The van der Waals surface area contributed by atoms with Gasteiger partial charge in [0.2, 0.25) is 10.0 Å². The lowest BCUT2D eigenvalue weighted by Gasteiger charge is -2.30. The summed E-state index contributed by atoms with van der Waals surface area (Å²) in [5.74, 6) is 0.989. The van der Waals surface area contributed by atoms with Crippen LogP contribution in [0.4, 0.5) is 5.69 Å². The standard InChI is InChI=1S/C16H21NO4S/c1-11-3-6-13(7-4-11)22(19,20)17-10-16(18)14-9-12(21-2)5-8-15(14)17/h5,8-9,11,13H,3-4,6-7,10H2,1-2H3. The molecule has 5 nitrogen and oxygen atoms in total. The van der Waals surface area contributed by atoms with Crippen LogP contribution in [-0.2, 0) is 10.0 Å². The number of rotatable bonds is 3. The molecule has 3 rings (SSSR count). The van der Waals surface area contributed by atoms with Crippen molar-refractivity contribution in [2.24, 2.45) is 5.92 Å². The predicted molar refractivity (Wildman–Crippen MR) is 85.0 cm³/mol. The van der Waals surface area contributed by atoms with Gasteiger partial charge < -0.3 is 4.74 Å². The van der Waals surface area contributed by atoms with Gasteiger partial charge in [0.05, 0.1) is 24.6 Å². The van der Waals surface area contributed by atoms with Gasteiger partial charge in [-0.25, -0.2) is 8.42 Å². The van der Waals surface area contributed by atoms with Crippen LogP contribution >= 0.6 is 0 Å². The summed E-state index contributed by atoms with van der Waals surface area (Å²) < 4.78 is 32.2. The smallest absolute Gasteiger partial charge is 0.238 e. The fourth-order valence-corrected chi connectivity index (χ4v) is 5.28. The highest BCUT2D eigenvalue weighted by molar-refractivity contribution is 7.93. The van der Waals surface area contributed by atoms with E-state index >= 15 is 0 Å². The number of hydrogen-bond acceptors (Lipinski definition) is 4. The summed E-state index contributed by atoms with van der Waals surface area (Å²) in [7, 11) is -1.95. The number of benzene rings is 1. The zero-order valence-corrected chi connectivity index (χ0v) is 13.7. The van der Waals surface area contributed by atoms with E-state index < -0.39 is 10.0 Å². The molecule has 1 aliphatic heterocycles. The van der Waals surface area contributed by atoms with E-state index in [-0.39, 0.29) is 17.6 Å². The fourth-order valence-electron chi connectivity index (χ4n) is 3.32. The maximum Gasteiger partial charge on any atom is 0.238 e. The largest absolute Gasteiger partial charge is 0.497 e. The summed E-state index contributed by atoms with van der Waals surface area (Å²) in [6, 6.07) is 4.99. The number of hydrogen-bond donors (Lipinski definition) is 0. The zero-order chi connectivity index (χ0) is 15.9. The molecule has 0 bridgehead atoms. The molecule has 1 saturated carbocycles. The van der Waals surface area contributed by atoms with Crippen molar-refractivity contribution in [3.63, 3.8) is 0 Å². The van der Waals surface area contributed by atoms with Gasteiger partial charge >= 0.3 is 0 Å². The summed E-state index contributed by atoms with van der Waals surface area (Å²) in [6.07, 6.45) is 3.22. The van der Waals surface area contributed by atoms with Crippen molar-refractivity contribution >= 4 is 21.5 Å². The van der Waals surface area contributed by atoms with Crippen LogP contribution in [0.2, 0.25) is 0 Å². The van der Waals surface area contributed by atoms with Crippen molar-refractivity contribution in [1.29, 1.82) is 0 Å². The third kappa shape index (κ3) is 2.49. The minimum Gasteiger partial charge on any atom is -0.497 e. The Morgan fingerprint density at radius 3 is 2.50 bits per heavy atom. The molecule has 120 valence electrons. The number of anilines is 1. The van der Waals surface area contributed by atoms with Crippen LogP contribution in [0.1, 0.15) is 43.0 Å². The molecule has 1 fully saturated rings. The summed E-state index contributed by atoms with van der Waals surface area (Å²) >= 11 is 0. The first-order chi connectivity index (χ1) is 10.4. The maximum absolute atomic E-state index is 12.9. The monoisotopic (exact) mass is 323 g/mol. The Balaban J connectivity index is 1.92. The van der Waals surface area contributed by atoms with E-state index in [0.29, 0.717) is 35.8 Å². The van der Waals surface area contributed by atoms with Gasteiger partial charge in [0.1, 0.15) is 5.75 Å². The number of ketones is 1. The SMILES string of the molecule is COc1ccc2c(c1)C(=O)CN2S(=O)(=O)C1CCC(C)CC1. The Morgan fingerprint density at radius 2 is 1.86 bits per heavy atom. The highest BCUT2D eigenvalue weighted by Gasteiger charge is 2.40. The molecule has 0 atom stereocenters.